The highest BCUT2D eigenvalue weighted by Crippen LogP contribution is 2.49. The van der Waals surface area contributed by atoms with Crippen molar-refractivity contribution in [2.75, 3.05) is 0 Å². The number of aromatic nitrogens is 4. The number of benzene rings is 18. The summed E-state index contributed by atoms with van der Waals surface area (Å²) in [7, 11) is 0. The lowest BCUT2D eigenvalue weighted by atomic mass is 9.89. The minimum atomic E-state index is 0.487. The van der Waals surface area contributed by atoms with Gasteiger partial charge in [-0.3, -0.25) is 0 Å². The highest BCUT2D eigenvalue weighted by atomic mass is 15.0. The van der Waals surface area contributed by atoms with E-state index in [-0.39, 0.29) is 0 Å². The lowest BCUT2D eigenvalue weighted by Crippen LogP contribution is -2.06. The van der Waals surface area contributed by atoms with Gasteiger partial charge in [0, 0.05) is 54.2 Å². The van der Waals surface area contributed by atoms with Crippen LogP contribution in [-0.2, 0) is 12.8 Å². The van der Waals surface area contributed by atoms with Gasteiger partial charge >= 0.3 is 0 Å². The molecule has 0 fully saturated rings. The second-order valence-electron chi connectivity index (χ2n) is 37.3. The third-order valence-corrected chi connectivity index (χ3v) is 27.6. The Balaban J connectivity index is 0.683. The van der Waals surface area contributed by atoms with E-state index in [9.17, 15) is 21.0 Å². The van der Waals surface area contributed by atoms with Gasteiger partial charge in [-0.05, 0) is 311 Å². The van der Waals surface area contributed by atoms with Gasteiger partial charge in [-0.2, -0.15) is 21.0 Å². The zero-order valence-corrected chi connectivity index (χ0v) is 77.2. The Morgan fingerprint density at radius 3 is 0.978 bits per heavy atom. The standard InChI is InChI=1S/C126H94N8/c1-73-45-74(2)54-97(53-73)88-31-39-115-107(63-88)108-64-89(98-55-75(3)46-76(4)56-98)32-40-116(108)131(115)119-43-37-101(92-21-17-19-86(61-92)69-127)125(111(119)71-129)133-117-41-33-90(99-57-77(5)47-78(6)58-99)65-109(117)110-66-91(34-42-118(110)133)100-59-81(9)51-85(60-100)27-28-94-52-80(8)50-84(12)124(94)96-30-36-105-103-23-13-15-25-113(103)132(121(105)68-96)120-44-38-102(93-22-18-20-87(62-93)70-128)126(112(120)72-130)134-114-26-16-14-24-104(114)106-35-29-95(67-122(106)134)123-82(10)48-79(7)49-83(123)11/h13-26,29-68H,27-28H2,1-12H3. The zero-order chi connectivity index (χ0) is 91.9. The molecule has 638 valence electrons. The van der Waals surface area contributed by atoms with Crippen molar-refractivity contribution in [3.05, 3.63) is 428 Å². The Hall–Kier alpha value is -16.9. The number of hydrogen-bond donors (Lipinski definition) is 0. The second kappa shape index (κ2) is 32.6. The lowest BCUT2D eigenvalue weighted by molar-refractivity contribution is 0.956. The maximum Gasteiger partial charge on any atom is 0.104 e. The van der Waals surface area contributed by atoms with Crippen LogP contribution >= 0.6 is 0 Å². The Morgan fingerprint density at radius 2 is 0.545 bits per heavy atom. The first-order valence-electron chi connectivity index (χ1n) is 46.1. The first-order chi connectivity index (χ1) is 65.1. The van der Waals surface area contributed by atoms with Crippen LogP contribution in [0.25, 0.3) is 199 Å². The van der Waals surface area contributed by atoms with E-state index in [0.29, 0.717) is 27.9 Å². The van der Waals surface area contributed by atoms with Crippen molar-refractivity contribution >= 4 is 87.2 Å². The summed E-state index contributed by atoms with van der Waals surface area (Å²) in [6.45, 7) is 26.2. The van der Waals surface area contributed by atoms with Gasteiger partial charge in [0.05, 0.1) is 90.1 Å². The molecule has 0 amide bonds. The van der Waals surface area contributed by atoms with Crippen LogP contribution in [0.15, 0.2) is 328 Å². The van der Waals surface area contributed by atoms with Crippen molar-refractivity contribution in [1.29, 1.82) is 21.0 Å². The van der Waals surface area contributed by atoms with Crippen LogP contribution in [0, 0.1) is 128 Å². The average Bonchev–Trinajstić information content (AvgIpc) is 1.56. The Morgan fingerprint density at radius 1 is 0.209 bits per heavy atom. The fraction of sp³-hybridized carbons (Fsp3) is 0.111. The highest BCUT2D eigenvalue weighted by Gasteiger charge is 2.30. The molecule has 0 aliphatic carbocycles. The third-order valence-electron chi connectivity index (χ3n) is 27.6. The van der Waals surface area contributed by atoms with Crippen molar-refractivity contribution < 1.29 is 0 Å². The Kier molecular flexibility index (Phi) is 20.2. The lowest BCUT2D eigenvalue weighted by Gasteiger charge is -2.21. The molecule has 0 saturated carbocycles. The fourth-order valence-corrected chi connectivity index (χ4v) is 22.4. The zero-order valence-electron chi connectivity index (χ0n) is 77.2. The molecule has 0 bridgehead atoms. The van der Waals surface area contributed by atoms with Gasteiger partial charge in [0.15, 0.2) is 0 Å². The van der Waals surface area contributed by atoms with Gasteiger partial charge in [0.2, 0.25) is 0 Å². The number of para-hydroxylation sites is 2. The number of nitrogens with zero attached hydrogens (tertiary/aromatic N) is 8. The van der Waals surface area contributed by atoms with Crippen molar-refractivity contribution in [2.45, 2.75) is 95.9 Å². The SMILES string of the molecule is Cc1cc(C)cc(-c2ccc3c(c2)c2cc(-c4cc(C)cc(C)c4)ccc2n3-c2ccc(-c3cccc(C#N)c3)c(-n3c4ccc(-c5cc(C)cc(C)c5)cc4c4cc(-c5cc(C)cc(CCc6cc(C)cc(C)c6-c6ccc7c8ccccc8n(-c8ccc(-c9cccc(C#N)c9)c(-n9c%10ccccc%10c%10ccc(-c%11c(C)cc(C)cc%11C)cc%109)c8C#N)c7c6)c5)ccc43)c2C#N)c1. The third kappa shape index (κ3) is 14.1. The largest absolute Gasteiger partial charge is 0.308 e. The average molecular weight is 1720 g/mol. The maximum atomic E-state index is 12.5. The van der Waals surface area contributed by atoms with E-state index in [1.165, 1.54) is 83.5 Å². The summed E-state index contributed by atoms with van der Waals surface area (Å²) in [6, 6.07) is 129. The van der Waals surface area contributed by atoms with E-state index >= 15 is 0 Å². The number of fused-ring (bicyclic) bond motifs is 12. The summed E-state index contributed by atoms with van der Waals surface area (Å²) in [5.74, 6) is 0. The van der Waals surface area contributed by atoms with Crippen LogP contribution in [-0.4, -0.2) is 18.3 Å². The molecule has 4 heterocycles. The first-order valence-corrected chi connectivity index (χ1v) is 46.1. The van der Waals surface area contributed by atoms with E-state index in [1.807, 2.05) is 36.4 Å². The molecule has 0 atom stereocenters. The fourth-order valence-electron chi connectivity index (χ4n) is 22.4. The van der Waals surface area contributed by atoms with E-state index in [0.717, 1.165) is 201 Å². The summed E-state index contributed by atoms with van der Waals surface area (Å²) in [5, 5.41) is 54.4. The van der Waals surface area contributed by atoms with E-state index in [2.05, 4.69) is 417 Å². The quantitative estimate of drug-likeness (QED) is 0.102. The van der Waals surface area contributed by atoms with E-state index < -0.39 is 0 Å². The molecule has 0 aliphatic heterocycles. The summed E-state index contributed by atoms with van der Waals surface area (Å²) in [4.78, 5) is 0. The van der Waals surface area contributed by atoms with E-state index in [1.54, 1.807) is 0 Å². The van der Waals surface area contributed by atoms with E-state index in [4.69, 9.17) is 0 Å². The molecule has 0 unspecified atom stereocenters. The molecule has 18 aromatic carbocycles. The van der Waals surface area contributed by atoms with Gasteiger partial charge in [-0.15, -0.1) is 0 Å². The molecule has 22 rings (SSSR count). The smallest absolute Gasteiger partial charge is 0.104 e. The number of aryl methyl sites for hydroxylation is 14. The molecular formula is C126H94N8. The van der Waals surface area contributed by atoms with Crippen molar-refractivity contribution in [2.24, 2.45) is 0 Å². The minimum Gasteiger partial charge on any atom is -0.308 e. The van der Waals surface area contributed by atoms with Crippen LogP contribution in [0.1, 0.15) is 100 Å². The van der Waals surface area contributed by atoms with Crippen molar-refractivity contribution in [3.8, 4) is 136 Å². The van der Waals surface area contributed by atoms with Crippen molar-refractivity contribution in [1.82, 2.24) is 18.3 Å². The maximum absolute atomic E-state index is 12.5. The summed E-state index contributed by atoms with van der Waals surface area (Å²) in [6.07, 6.45) is 1.52. The predicted molar refractivity (Wildman–Crippen MR) is 557 cm³/mol. The molecule has 0 N–H and O–H groups in total. The second-order valence-corrected chi connectivity index (χ2v) is 37.3. The Labute approximate surface area is 780 Å². The predicted octanol–water partition coefficient (Wildman–Crippen LogP) is 32.4. The molecule has 0 aliphatic rings. The molecule has 8 nitrogen and oxygen atoms in total. The molecule has 0 radical (unpaired) electrons. The monoisotopic (exact) mass is 1720 g/mol. The number of rotatable bonds is 15. The molecular weight excluding hydrogens is 1630 g/mol. The number of nitriles is 4. The van der Waals surface area contributed by atoms with Gasteiger partial charge in [-0.25, -0.2) is 0 Å². The summed E-state index contributed by atoms with van der Waals surface area (Å²) >= 11 is 0. The molecule has 8 heteroatoms. The van der Waals surface area contributed by atoms with Crippen LogP contribution in [0.3, 0.4) is 0 Å². The first kappa shape index (κ1) is 82.8. The number of hydrogen-bond acceptors (Lipinski definition) is 4. The molecule has 134 heavy (non-hydrogen) atoms. The van der Waals surface area contributed by atoms with Crippen LogP contribution in [0.2, 0.25) is 0 Å². The molecule has 0 saturated heterocycles. The molecule has 0 spiro atoms. The Bertz CT molecular complexity index is 8830. The normalized spacial score (nSPS) is 11.6. The van der Waals surface area contributed by atoms with Gasteiger partial charge in [-0.1, -0.05) is 268 Å². The van der Waals surface area contributed by atoms with Crippen LogP contribution in [0.4, 0.5) is 0 Å². The highest BCUT2D eigenvalue weighted by molar-refractivity contribution is 6.17. The molecule has 4 aromatic heterocycles. The minimum absolute atomic E-state index is 0.487. The van der Waals surface area contributed by atoms with Crippen molar-refractivity contribution in [3.63, 3.8) is 0 Å². The van der Waals surface area contributed by atoms with Gasteiger partial charge in [0.1, 0.15) is 23.3 Å². The summed E-state index contributed by atoms with van der Waals surface area (Å²) < 4.78 is 9.25. The van der Waals surface area contributed by atoms with Crippen LogP contribution in [0.5, 0.6) is 0 Å². The molecule has 22 aromatic rings. The van der Waals surface area contributed by atoms with Gasteiger partial charge < -0.3 is 18.3 Å². The van der Waals surface area contributed by atoms with Gasteiger partial charge in [0.25, 0.3) is 0 Å². The van der Waals surface area contributed by atoms with Crippen LogP contribution < -0.4 is 0 Å². The summed E-state index contributed by atoms with van der Waals surface area (Å²) in [5.41, 5.74) is 46.3. The topological polar surface area (TPSA) is 115 Å².